The van der Waals surface area contributed by atoms with Crippen LogP contribution >= 0.6 is 0 Å². The molecule has 5 atom stereocenters. The lowest BCUT2D eigenvalue weighted by atomic mass is 9.75. The number of halogens is 6. The van der Waals surface area contributed by atoms with Crippen molar-refractivity contribution in [2.75, 3.05) is 10.9 Å². The molecule has 3 N–H and O–H groups in total. The molecule has 1 aliphatic heterocycles. The van der Waals surface area contributed by atoms with Crippen LogP contribution < -0.4 is 9.62 Å². The monoisotopic (exact) mass is 632 g/mol. The van der Waals surface area contributed by atoms with E-state index in [1.54, 1.807) is 24.3 Å². The van der Waals surface area contributed by atoms with Crippen LogP contribution in [0.25, 0.3) is 0 Å². The molecule has 2 aliphatic rings. The van der Waals surface area contributed by atoms with Crippen molar-refractivity contribution in [1.29, 1.82) is 0 Å². The zero-order chi connectivity index (χ0) is 31.9. The van der Waals surface area contributed by atoms with Crippen LogP contribution in [0.2, 0.25) is 0 Å². The number of carbonyl (C=O) groups excluding carboxylic acids is 1. The number of alkyl halides is 6. The van der Waals surface area contributed by atoms with Crippen molar-refractivity contribution >= 4 is 22.6 Å². The summed E-state index contributed by atoms with van der Waals surface area (Å²) in [6.07, 6.45) is -10.7. The highest BCUT2D eigenvalue weighted by atomic mass is 32.2. The van der Waals surface area contributed by atoms with Crippen molar-refractivity contribution in [1.82, 2.24) is 5.32 Å². The quantitative estimate of drug-likeness (QED) is 0.273. The molecule has 1 aliphatic carbocycles. The second kappa shape index (κ2) is 12.2. The summed E-state index contributed by atoms with van der Waals surface area (Å²) < 4.78 is 96.7. The predicted octanol–water partition coefficient (Wildman–Crippen LogP) is 5.62. The summed E-state index contributed by atoms with van der Waals surface area (Å²) >= 11 is 0. The van der Waals surface area contributed by atoms with Crippen molar-refractivity contribution in [3.05, 3.63) is 71.3 Å². The summed E-state index contributed by atoms with van der Waals surface area (Å²) in [7, 11) is -1.99. The molecule has 43 heavy (non-hydrogen) atoms. The number of hydrogen-bond donors (Lipinski definition) is 3. The second-order valence-corrected chi connectivity index (χ2v) is 12.8. The van der Waals surface area contributed by atoms with Crippen molar-refractivity contribution in [2.45, 2.75) is 80.9 Å². The minimum Gasteiger partial charge on any atom is -0.396 e. The normalized spacial score (nSPS) is 24.0. The van der Waals surface area contributed by atoms with Gasteiger partial charge in [0, 0.05) is 24.5 Å². The van der Waals surface area contributed by atoms with Crippen LogP contribution in [0.3, 0.4) is 0 Å². The molecule has 0 aromatic heterocycles. The van der Waals surface area contributed by atoms with Crippen LogP contribution in [-0.2, 0) is 27.8 Å². The summed E-state index contributed by atoms with van der Waals surface area (Å²) in [5.74, 6) is -0.526. The number of carbonyl (C=O) groups is 1. The van der Waals surface area contributed by atoms with E-state index in [1.807, 2.05) is 13.8 Å². The highest BCUT2D eigenvalue weighted by Gasteiger charge is 2.71. The van der Waals surface area contributed by atoms with Crippen LogP contribution in [0.4, 0.5) is 32.0 Å². The number of benzene rings is 2. The number of rotatable bonds is 7. The number of amides is 1. The predicted molar refractivity (Wildman–Crippen MR) is 149 cm³/mol. The Balaban J connectivity index is 1.70. The largest absolute Gasteiger partial charge is 0.430 e. The van der Waals surface area contributed by atoms with E-state index in [4.69, 9.17) is 0 Å². The Morgan fingerprint density at radius 3 is 2.26 bits per heavy atom. The van der Waals surface area contributed by atoms with E-state index in [-0.39, 0.29) is 49.0 Å². The number of nitrogens with one attached hydrogen (secondary N) is 1. The van der Waals surface area contributed by atoms with Crippen LogP contribution in [-0.4, -0.2) is 51.4 Å². The van der Waals surface area contributed by atoms with E-state index in [2.05, 4.69) is 11.9 Å². The van der Waals surface area contributed by atoms with Gasteiger partial charge in [-0.15, -0.1) is 0 Å². The lowest BCUT2D eigenvalue weighted by molar-refractivity contribution is -0.376. The number of aryl methyl sites for hydroxylation is 2. The first-order valence-electron chi connectivity index (χ1n) is 13.8. The molecule has 6 nitrogen and oxygen atoms in total. The fraction of sp³-hybridized carbons (Fsp3) is 0.500. The van der Waals surface area contributed by atoms with Crippen LogP contribution in [0.5, 0.6) is 0 Å². The molecular weight excluding hydrogens is 598 g/mol. The van der Waals surface area contributed by atoms with Crippen LogP contribution in [0.1, 0.15) is 49.3 Å². The molecule has 1 saturated carbocycles. The van der Waals surface area contributed by atoms with Crippen molar-refractivity contribution < 1.29 is 45.6 Å². The molecule has 0 bridgehead atoms. The van der Waals surface area contributed by atoms with Gasteiger partial charge in [0.25, 0.3) is 5.60 Å². The highest BCUT2D eigenvalue weighted by molar-refractivity contribution is 7.86. The third-order valence-corrected chi connectivity index (χ3v) is 10.0. The van der Waals surface area contributed by atoms with Crippen LogP contribution in [0, 0.1) is 18.8 Å². The van der Waals surface area contributed by atoms with Gasteiger partial charge >= 0.3 is 12.4 Å². The van der Waals surface area contributed by atoms with Crippen molar-refractivity contribution in [3.63, 3.8) is 0 Å². The number of hydrogen-bond acceptors (Lipinski definition) is 4. The van der Waals surface area contributed by atoms with Gasteiger partial charge in [-0.3, -0.25) is 9.10 Å². The second-order valence-electron chi connectivity index (χ2n) is 11.4. The summed E-state index contributed by atoms with van der Waals surface area (Å²) in [5.41, 5.74) is -4.73. The molecule has 4 unspecified atom stereocenters. The van der Waals surface area contributed by atoms with E-state index in [0.717, 1.165) is 23.6 Å². The first kappa shape index (κ1) is 33.0. The first-order chi connectivity index (χ1) is 20.0. The van der Waals surface area contributed by atoms with Gasteiger partial charge < -0.3 is 15.5 Å². The van der Waals surface area contributed by atoms with Gasteiger partial charge in [-0.2, -0.15) is 26.3 Å². The van der Waals surface area contributed by atoms with E-state index in [1.165, 1.54) is 4.31 Å². The Kier molecular flexibility index (Phi) is 9.39. The maximum Gasteiger partial charge on any atom is 0.430 e. The van der Waals surface area contributed by atoms with Gasteiger partial charge in [0.2, 0.25) is 5.91 Å². The van der Waals surface area contributed by atoms with Gasteiger partial charge in [0.05, 0.1) is 22.7 Å². The summed E-state index contributed by atoms with van der Waals surface area (Å²) in [6.45, 7) is 7.68. The SMILES string of the molecule is C=C1CCC(C)C(CO)C1NC(=O)C[C@@H]1CCc2cc(C(O)(C(F)(F)F)C(F)(F)F)ccc2N1S(=O)c1ccc(C)cc1. The number of anilines is 1. The Labute approximate surface area is 248 Å². The lowest BCUT2D eigenvalue weighted by Gasteiger charge is -2.40. The molecule has 4 rings (SSSR count). The number of fused-ring (bicyclic) bond motifs is 1. The van der Waals surface area contributed by atoms with E-state index in [9.17, 15) is 45.6 Å². The molecule has 0 spiro atoms. The van der Waals surface area contributed by atoms with E-state index < -0.39 is 52.5 Å². The van der Waals surface area contributed by atoms with E-state index in [0.29, 0.717) is 23.4 Å². The van der Waals surface area contributed by atoms with E-state index >= 15 is 0 Å². The Morgan fingerprint density at radius 2 is 1.67 bits per heavy atom. The average molecular weight is 633 g/mol. The molecule has 0 radical (unpaired) electrons. The minimum absolute atomic E-state index is 0.0244. The molecule has 1 amide bonds. The number of aliphatic hydroxyl groups is 2. The lowest BCUT2D eigenvalue weighted by Crippen LogP contribution is -2.54. The molecule has 236 valence electrons. The smallest absolute Gasteiger partial charge is 0.396 e. The molecule has 1 heterocycles. The average Bonchev–Trinajstić information content (AvgIpc) is 2.93. The zero-order valence-electron chi connectivity index (χ0n) is 23.6. The third-order valence-electron chi connectivity index (χ3n) is 8.50. The molecule has 13 heteroatoms. The van der Waals surface area contributed by atoms with Gasteiger partial charge in [-0.05, 0) is 62.3 Å². The molecule has 1 fully saturated rings. The van der Waals surface area contributed by atoms with Crippen molar-refractivity contribution in [2.24, 2.45) is 11.8 Å². The van der Waals surface area contributed by atoms with Gasteiger partial charge in [-0.25, -0.2) is 4.21 Å². The summed E-state index contributed by atoms with van der Waals surface area (Å²) in [6, 6.07) is 7.56. The first-order valence-corrected chi connectivity index (χ1v) is 14.9. The van der Waals surface area contributed by atoms with Gasteiger partial charge in [0.15, 0.2) is 11.0 Å². The maximum atomic E-state index is 13.9. The molecular formula is C30H34F6N2O4S. The Bertz CT molecular complexity index is 1360. The highest BCUT2D eigenvalue weighted by Crippen LogP contribution is 2.51. The fourth-order valence-electron chi connectivity index (χ4n) is 5.88. The zero-order valence-corrected chi connectivity index (χ0v) is 24.5. The standard InChI is InChI=1S/C30H34F6N2O4S/c1-17-4-11-23(12-5-17)43(42)38-22(15-26(40)37-27-19(3)7-6-18(2)24(27)16-39)10-8-20-14-21(9-13-25(20)38)28(41,29(31,32)33)30(34,35)36/h4-5,9,11-14,18,22,24,27,39,41H,3,6-8,10,15-16H2,1-2H3,(H,37,40)/t18?,22-,24?,27?,43?/m0/s1. The number of nitrogens with zero attached hydrogens (tertiary/aromatic N) is 1. The van der Waals surface area contributed by atoms with Gasteiger partial charge in [-0.1, -0.05) is 48.9 Å². The maximum absolute atomic E-state index is 13.9. The Hall–Kier alpha value is -2.90. The molecule has 2 aromatic carbocycles. The third kappa shape index (κ3) is 6.34. The van der Waals surface area contributed by atoms with Crippen molar-refractivity contribution in [3.8, 4) is 0 Å². The van der Waals surface area contributed by atoms with Crippen LogP contribution in [0.15, 0.2) is 59.5 Å². The number of aliphatic hydroxyl groups excluding tert-OH is 1. The fourth-order valence-corrected chi connectivity index (χ4v) is 7.29. The minimum atomic E-state index is -6.05. The topological polar surface area (TPSA) is 89.9 Å². The summed E-state index contributed by atoms with van der Waals surface area (Å²) in [5, 5.41) is 22.8. The van der Waals surface area contributed by atoms with Gasteiger partial charge in [0.1, 0.15) is 0 Å². The molecule has 0 saturated heterocycles. The molecule has 2 aromatic rings. The Morgan fingerprint density at radius 1 is 1.05 bits per heavy atom. The summed E-state index contributed by atoms with van der Waals surface area (Å²) in [4.78, 5) is 13.6.